The van der Waals surface area contributed by atoms with E-state index in [2.05, 4.69) is 10.6 Å². The summed E-state index contributed by atoms with van der Waals surface area (Å²) in [6.07, 6.45) is -0.0439. The van der Waals surface area contributed by atoms with Gasteiger partial charge in [-0.2, -0.15) is 0 Å². The van der Waals surface area contributed by atoms with Crippen molar-refractivity contribution in [3.05, 3.63) is 0 Å². The minimum absolute atomic E-state index is 0.0200. The molecule has 1 fully saturated rings. The summed E-state index contributed by atoms with van der Waals surface area (Å²) in [5, 5.41) is 13.6. The van der Waals surface area contributed by atoms with Crippen LogP contribution in [-0.4, -0.2) is 54.5 Å². The van der Waals surface area contributed by atoms with Gasteiger partial charge in [0.05, 0.1) is 17.0 Å². The molecule has 0 aromatic heterocycles. The van der Waals surface area contributed by atoms with Gasteiger partial charge < -0.3 is 21.5 Å². The molecule has 0 aromatic carbocycles. The molecule has 2 atom stereocenters. The third kappa shape index (κ3) is 5.58. The summed E-state index contributed by atoms with van der Waals surface area (Å²) in [6, 6.07) is -2.05. The van der Waals surface area contributed by atoms with Crippen molar-refractivity contribution < 1.29 is 27.9 Å². The predicted molar refractivity (Wildman–Crippen MR) is 73.2 cm³/mol. The number of hydrogen-bond donors (Lipinski definition) is 4. The molecule has 0 spiro atoms. The Morgan fingerprint density at radius 2 is 2.00 bits per heavy atom. The molecule has 1 heterocycles. The molecular weight excluding hydrogens is 302 g/mol. The first-order valence-corrected chi connectivity index (χ1v) is 8.15. The zero-order valence-corrected chi connectivity index (χ0v) is 12.4. The second-order valence-corrected chi connectivity index (χ2v) is 7.58. The maximum absolute atomic E-state index is 11.8. The molecule has 1 saturated heterocycles. The first-order chi connectivity index (χ1) is 9.53. The minimum Gasteiger partial charge on any atom is -0.480 e. The number of carboxylic acids is 1. The molecule has 2 unspecified atom stereocenters. The van der Waals surface area contributed by atoms with E-state index in [4.69, 9.17) is 10.8 Å². The van der Waals surface area contributed by atoms with Crippen LogP contribution in [0.2, 0.25) is 0 Å². The standard InChI is InChI=1S/C11H19N3O6S/c1-11(4-5-21(19,20)6-11)14-10(18)13-7(9(16)17)2-3-8(12)15/h7H,2-6H2,1H3,(H2,12,15)(H,16,17)(H2,13,14,18). The van der Waals surface area contributed by atoms with Gasteiger partial charge in [0.15, 0.2) is 9.84 Å². The summed E-state index contributed by atoms with van der Waals surface area (Å²) >= 11 is 0. The van der Waals surface area contributed by atoms with Gasteiger partial charge in [-0.1, -0.05) is 0 Å². The molecule has 0 saturated carbocycles. The highest BCUT2D eigenvalue weighted by atomic mass is 32.2. The van der Waals surface area contributed by atoms with Gasteiger partial charge in [-0.05, 0) is 19.8 Å². The van der Waals surface area contributed by atoms with Crippen LogP contribution >= 0.6 is 0 Å². The number of primary amides is 1. The number of sulfone groups is 1. The topological polar surface area (TPSA) is 156 Å². The lowest BCUT2D eigenvalue weighted by molar-refractivity contribution is -0.139. The molecule has 0 aliphatic carbocycles. The summed E-state index contributed by atoms with van der Waals surface area (Å²) in [5.74, 6) is -2.17. The van der Waals surface area contributed by atoms with Crippen molar-refractivity contribution in [2.24, 2.45) is 5.73 Å². The summed E-state index contributed by atoms with van der Waals surface area (Å²) in [5.41, 5.74) is 4.01. The van der Waals surface area contributed by atoms with Crippen molar-refractivity contribution in [2.45, 2.75) is 37.8 Å². The number of carboxylic acid groups (broad SMARTS) is 1. The van der Waals surface area contributed by atoms with E-state index in [0.717, 1.165) is 0 Å². The van der Waals surface area contributed by atoms with Gasteiger partial charge in [-0.25, -0.2) is 18.0 Å². The molecule has 1 aliphatic heterocycles. The lowest BCUT2D eigenvalue weighted by Crippen LogP contribution is -2.54. The number of aliphatic carboxylic acids is 1. The van der Waals surface area contributed by atoms with Crippen LogP contribution in [0.1, 0.15) is 26.2 Å². The first-order valence-electron chi connectivity index (χ1n) is 6.33. The quantitative estimate of drug-likeness (QED) is 0.470. The van der Waals surface area contributed by atoms with Gasteiger partial charge in [0.25, 0.3) is 0 Å². The van der Waals surface area contributed by atoms with Crippen molar-refractivity contribution in [3.8, 4) is 0 Å². The molecule has 10 heteroatoms. The second-order valence-electron chi connectivity index (χ2n) is 5.40. The highest BCUT2D eigenvalue weighted by Gasteiger charge is 2.39. The number of nitrogens with two attached hydrogens (primary N) is 1. The predicted octanol–water partition coefficient (Wildman–Crippen LogP) is -1.42. The average molecular weight is 321 g/mol. The van der Waals surface area contributed by atoms with Gasteiger partial charge in [-0.15, -0.1) is 0 Å². The average Bonchev–Trinajstić information content (AvgIpc) is 2.57. The first kappa shape index (κ1) is 17.2. The zero-order valence-electron chi connectivity index (χ0n) is 11.6. The molecule has 9 nitrogen and oxygen atoms in total. The minimum atomic E-state index is -3.19. The van der Waals surface area contributed by atoms with Crippen molar-refractivity contribution in [3.63, 3.8) is 0 Å². The van der Waals surface area contributed by atoms with Crippen molar-refractivity contribution in [1.29, 1.82) is 0 Å². The van der Waals surface area contributed by atoms with E-state index < -0.39 is 39.3 Å². The molecule has 0 radical (unpaired) electrons. The third-order valence-corrected chi connectivity index (χ3v) is 5.10. The molecule has 120 valence electrons. The Bertz CT molecular complexity index is 546. The maximum Gasteiger partial charge on any atom is 0.326 e. The van der Waals surface area contributed by atoms with Gasteiger partial charge in [0.1, 0.15) is 6.04 Å². The van der Waals surface area contributed by atoms with Crippen LogP contribution in [0.25, 0.3) is 0 Å². The van der Waals surface area contributed by atoms with Crippen molar-refractivity contribution in [1.82, 2.24) is 10.6 Å². The largest absolute Gasteiger partial charge is 0.480 e. The summed E-state index contributed by atoms with van der Waals surface area (Å²) < 4.78 is 22.8. The van der Waals surface area contributed by atoms with E-state index in [0.29, 0.717) is 0 Å². The number of urea groups is 1. The highest BCUT2D eigenvalue weighted by molar-refractivity contribution is 7.91. The molecule has 1 aliphatic rings. The Hall–Kier alpha value is -1.84. The molecule has 0 aromatic rings. The Kier molecular flexibility index (Phi) is 5.15. The fourth-order valence-corrected chi connectivity index (χ4v) is 4.21. The van der Waals surface area contributed by atoms with E-state index in [1.165, 1.54) is 0 Å². The van der Waals surface area contributed by atoms with Gasteiger partial charge in [-0.3, -0.25) is 4.79 Å². The zero-order chi connectivity index (χ0) is 16.3. The third-order valence-electron chi connectivity index (χ3n) is 3.20. The SMILES string of the molecule is CC1(NC(=O)NC(CCC(N)=O)C(=O)O)CCS(=O)(=O)C1. The van der Waals surface area contributed by atoms with E-state index in [-0.39, 0.29) is 30.8 Å². The van der Waals surface area contributed by atoms with Crippen molar-refractivity contribution >= 4 is 27.7 Å². The Balaban J connectivity index is 2.58. The molecular formula is C11H19N3O6S. The molecule has 0 bridgehead atoms. The molecule has 21 heavy (non-hydrogen) atoms. The van der Waals surface area contributed by atoms with Gasteiger partial charge in [0.2, 0.25) is 5.91 Å². The van der Waals surface area contributed by atoms with Crippen LogP contribution in [0, 0.1) is 0 Å². The van der Waals surface area contributed by atoms with E-state index >= 15 is 0 Å². The number of amides is 3. The van der Waals surface area contributed by atoms with Crippen LogP contribution in [0.5, 0.6) is 0 Å². The highest BCUT2D eigenvalue weighted by Crippen LogP contribution is 2.22. The lowest BCUT2D eigenvalue weighted by atomic mass is 10.0. The Morgan fingerprint density at radius 3 is 2.43 bits per heavy atom. The van der Waals surface area contributed by atoms with E-state index in [1.54, 1.807) is 6.92 Å². The van der Waals surface area contributed by atoms with Crippen LogP contribution in [-0.2, 0) is 19.4 Å². The van der Waals surface area contributed by atoms with E-state index in [9.17, 15) is 22.8 Å². The molecule has 5 N–H and O–H groups in total. The number of carbonyl (C=O) groups is 3. The Labute approximate surface area is 122 Å². The summed E-state index contributed by atoms with van der Waals surface area (Å²) in [6.45, 7) is 1.58. The summed E-state index contributed by atoms with van der Waals surface area (Å²) in [4.78, 5) is 33.4. The van der Waals surface area contributed by atoms with Crippen LogP contribution < -0.4 is 16.4 Å². The monoisotopic (exact) mass is 321 g/mol. The number of nitrogens with one attached hydrogen (secondary N) is 2. The van der Waals surface area contributed by atoms with Crippen LogP contribution in [0.3, 0.4) is 0 Å². The molecule has 1 rings (SSSR count). The maximum atomic E-state index is 11.8. The summed E-state index contributed by atoms with van der Waals surface area (Å²) in [7, 11) is -3.19. The fourth-order valence-electron chi connectivity index (χ4n) is 2.12. The Morgan fingerprint density at radius 1 is 1.38 bits per heavy atom. The van der Waals surface area contributed by atoms with Gasteiger partial charge in [0, 0.05) is 6.42 Å². The normalized spacial score (nSPS) is 25.0. The second kappa shape index (κ2) is 6.29. The lowest BCUT2D eigenvalue weighted by Gasteiger charge is -2.25. The van der Waals surface area contributed by atoms with Gasteiger partial charge >= 0.3 is 12.0 Å². The fraction of sp³-hybridized carbons (Fsp3) is 0.727. The van der Waals surface area contributed by atoms with Crippen LogP contribution in [0.15, 0.2) is 0 Å². The van der Waals surface area contributed by atoms with Crippen LogP contribution in [0.4, 0.5) is 4.79 Å². The number of hydrogen-bond acceptors (Lipinski definition) is 5. The number of rotatable bonds is 6. The molecule has 3 amide bonds. The van der Waals surface area contributed by atoms with Crippen molar-refractivity contribution in [2.75, 3.05) is 11.5 Å². The number of carbonyl (C=O) groups excluding carboxylic acids is 2. The smallest absolute Gasteiger partial charge is 0.326 e. The van der Waals surface area contributed by atoms with E-state index in [1.807, 2.05) is 0 Å².